The fraction of sp³-hybridized carbons (Fsp3) is 0.261. The molecular weight excluding hydrogens is 448 g/mol. The van der Waals surface area contributed by atoms with Crippen LogP contribution in [-0.2, 0) is 19.0 Å². The summed E-state index contributed by atoms with van der Waals surface area (Å²) in [5.41, 5.74) is 1.58. The molecule has 1 atom stereocenters. The molecule has 0 aliphatic rings. The van der Waals surface area contributed by atoms with Gasteiger partial charge in [-0.15, -0.1) is 0 Å². The minimum atomic E-state index is -3.64. The van der Waals surface area contributed by atoms with E-state index in [0.717, 1.165) is 6.26 Å². The Morgan fingerprint density at radius 3 is 2.18 bits per heavy atom. The van der Waals surface area contributed by atoms with E-state index in [0.29, 0.717) is 22.0 Å². The Balaban J connectivity index is 2.11. The van der Waals surface area contributed by atoms with Crippen molar-refractivity contribution in [3.8, 4) is 0 Å². The van der Waals surface area contributed by atoms with Crippen molar-refractivity contribution in [2.45, 2.75) is 13.0 Å². The van der Waals surface area contributed by atoms with Gasteiger partial charge >= 0.3 is 12.0 Å². The highest BCUT2D eigenvalue weighted by atomic mass is 32.2. The average Bonchev–Trinajstić information content (AvgIpc) is 3.16. The summed E-state index contributed by atoms with van der Waals surface area (Å²) in [5, 5.41) is 0.308. The average molecular weight is 473 g/mol. The second kappa shape index (κ2) is 9.16. The lowest BCUT2D eigenvalue weighted by atomic mass is 9.98. The summed E-state index contributed by atoms with van der Waals surface area (Å²) in [6.45, 7) is 1.58. The molecule has 0 aliphatic carbocycles. The standard InChI is InChI=1S/C23H24N2O7S/c1-14(32-33(5,29)30)15-9-11-16(12-10-15)21(26)18-13-25(23(28)24(2)3)19-8-6-7-17(20(18)19)22(27)31-4/h6-14H,1-5H3. The molecule has 10 heteroatoms. The predicted octanol–water partition coefficient (Wildman–Crippen LogP) is 3.23. The number of carbonyl (C=O) groups is 3. The van der Waals surface area contributed by atoms with Crippen molar-refractivity contribution in [1.82, 2.24) is 9.47 Å². The Hall–Kier alpha value is -3.50. The summed E-state index contributed by atoms with van der Waals surface area (Å²) in [6, 6.07) is 10.7. The zero-order chi connectivity index (χ0) is 24.5. The summed E-state index contributed by atoms with van der Waals surface area (Å²) in [6.07, 6.45) is 1.64. The largest absolute Gasteiger partial charge is 0.465 e. The van der Waals surface area contributed by atoms with Gasteiger partial charge in [-0.3, -0.25) is 13.5 Å². The van der Waals surface area contributed by atoms with Crippen molar-refractivity contribution in [2.75, 3.05) is 27.5 Å². The summed E-state index contributed by atoms with van der Waals surface area (Å²) in [5.74, 6) is -1.04. The van der Waals surface area contributed by atoms with Crippen LogP contribution >= 0.6 is 0 Å². The summed E-state index contributed by atoms with van der Waals surface area (Å²) < 4.78 is 33.9. The van der Waals surface area contributed by atoms with Crippen molar-refractivity contribution in [1.29, 1.82) is 0 Å². The molecule has 1 aromatic heterocycles. The van der Waals surface area contributed by atoms with E-state index in [2.05, 4.69) is 0 Å². The van der Waals surface area contributed by atoms with E-state index in [4.69, 9.17) is 8.92 Å². The number of hydrogen-bond acceptors (Lipinski definition) is 7. The summed E-state index contributed by atoms with van der Waals surface area (Å²) in [7, 11) is 0.760. The van der Waals surface area contributed by atoms with Gasteiger partial charge in [-0.25, -0.2) is 9.59 Å². The second-order valence-electron chi connectivity index (χ2n) is 7.67. The van der Waals surface area contributed by atoms with Gasteiger partial charge in [-0.05, 0) is 24.6 Å². The molecule has 0 N–H and O–H groups in total. The van der Waals surface area contributed by atoms with Crippen LogP contribution in [0.2, 0.25) is 0 Å². The first-order chi connectivity index (χ1) is 15.4. The minimum absolute atomic E-state index is 0.161. The van der Waals surface area contributed by atoms with E-state index in [9.17, 15) is 22.8 Å². The molecule has 0 saturated heterocycles. The number of methoxy groups -OCH3 is 1. The van der Waals surface area contributed by atoms with Gasteiger partial charge in [0.15, 0.2) is 5.78 Å². The Bertz CT molecular complexity index is 1340. The monoisotopic (exact) mass is 472 g/mol. The van der Waals surface area contributed by atoms with Crippen molar-refractivity contribution >= 4 is 38.8 Å². The van der Waals surface area contributed by atoms with Crippen LogP contribution in [0.1, 0.15) is 44.9 Å². The quantitative estimate of drug-likeness (QED) is 0.308. The van der Waals surface area contributed by atoms with Gasteiger partial charge in [0.25, 0.3) is 10.1 Å². The van der Waals surface area contributed by atoms with Crippen LogP contribution in [0.25, 0.3) is 10.9 Å². The minimum Gasteiger partial charge on any atom is -0.465 e. The third-order valence-electron chi connectivity index (χ3n) is 5.03. The molecule has 1 heterocycles. The van der Waals surface area contributed by atoms with Crippen molar-refractivity contribution in [2.24, 2.45) is 0 Å². The molecule has 0 radical (unpaired) electrons. The number of aromatic nitrogens is 1. The van der Waals surface area contributed by atoms with Crippen LogP contribution in [0.15, 0.2) is 48.7 Å². The number of benzene rings is 2. The zero-order valence-electron chi connectivity index (χ0n) is 18.9. The van der Waals surface area contributed by atoms with Crippen LogP contribution < -0.4 is 0 Å². The number of carbonyl (C=O) groups excluding carboxylic acids is 3. The summed E-state index contributed by atoms with van der Waals surface area (Å²) in [4.78, 5) is 39.9. The molecule has 0 spiro atoms. The predicted molar refractivity (Wildman–Crippen MR) is 122 cm³/mol. The van der Waals surface area contributed by atoms with E-state index in [1.54, 1.807) is 45.3 Å². The lowest BCUT2D eigenvalue weighted by Gasteiger charge is -2.11. The third kappa shape index (κ3) is 4.96. The lowest BCUT2D eigenvalue weighted by molar-refractivity contribution is 0.0603. The van der Waals surface area contributed by atoms with Gasteiger partial charge in [-0.2, -0.15) is 8.42 Å². The fourth-order valence-electron chi connectivity index (χ4n) is 3.49. The number of ether oxygens (including phenoxy) is 1. The molecule has 0 aliphatic heterocycles. The van der Waals surface area contributed by atoms with Gasteiger partial charge in [0.05, 0.1) is 30.5 Å². The highest BCUT2D eigenvalue weighted by Crippen LogP contribution is 2.29. The zero-order valence-corrected chi connectivity index (χ0v) is 19.7. The van der Waals surface area contributed by atoms with E-state index >= 15 is 0 Å². The number of fused-ring (bicyclic) bond motifs is 1. The molecule has 3 rings (SSSR count). The third-order valence-corrected chi connectivity index (χ3v) is 5.67. The smallest absolute Gasteiger partial charge is 0.338 e. The Morgan fingerprint density at radius 2 is 1.64 bits per heavy atom. The Labute approximate surface area is 191 Å². The number of esters is 1. The number of rotatable bonds is 6. The van der Waals surface area contributed by atoms with Gasteiger partial charge in [0, 0.05) is 36.8 Å². The SMILES string of the molecule is COC(=O)c1cccc2c1c(C(=O)c1ccc(C(C)OS(C)(=O)=O)cc1)cn2C(=O)N(C)C. The lowest BCUT2D eigenvalue weighted by Crippen LogP contribution is -2.26. The molecule has 0 fully saturated rings. The fourth-order valence-corrected chi connectivity index (χ4v) is 4.13. The van der Waals surface area contributed by atoms with Crippen molar-refractivity contribution in [3.63, 3.8) is 0 Å². The van der Waals surface area contributed by atoms with Gasteiger partial charge < -0.3 is 9.64 Å². The van der Waals surface area contributed by atoms with Gasteiger partial charge in [0.2, 0.25) is 0 Å². The first-order valence-electron chi connectivity index (χ1n) is 9.91. The molecule has 0 bridgehead atoms. The first kappa shape index (κ1) is 24.1. The second-order valence-corrected chi connectivity index (χ2v) is 9.28. The molecule has 0 saturated carbocycles. The number of hydrogen-bond donors (Lipinski definition) is 0. The topological polar surface area (TPSA) is 112 Å². The van der Waals surface area contributed by atoms with Crippen LogP contribution in [-0.4, -0.2) is 63.1 Å². The normalized spacial score (nSPS) is 12.4. The molecule has 9 nitrogen and oxygen atoms in total. The number of nitrogens with zero attached hydrogens (tertiary/aromatic N) is 2. The van der Waals surface area contributed by atoms with Crippen molar-refractivity contribution in [3.05, 3.63) is 70.9 Å². The maximum absolute atomic E-state index is 13.4. The Kier molecular flexibility index (Phi) is 6.71. The van der Waals surface area contributed by atoms with E-state index < -0.39 is 28.0 Å². The van der Waals surface area contributed by atoms with Gasteiger partial charge in [0.1, 0.15) is 0 Å². The maximum Gasteiger partial charge on any atom is 0.338 e. The van der Waals surface area contributed by atoms with E-state index in [1.165, 1.54) is 41.0 Å². The Morgan fingerprint density at radius 1 is 1.00 bits per heavy atom. The molecule has 1 unspecified atom stereocenters. The number of ketones is 1. The van der Waals surface area contributed by atoms with Crippen LogP contribution in [0, 0.1) is 0 Å². The molecule has 174 valence electrons. The maximum atomic E-state index is 13.4. The highest BCUT2D eigenvalue weighted by Gasteiger charge is 2.25. The molecular formula is C23H24N2O7S. The highest BCUT2D eigenvalue weighted by molar-refractivity contribution is 7.86. The molecule has 2 aromatic carbocycles. The van der Waals surface area contributed by atoms with Gasteiger partial charge in [-0.1, -0.05) is 30.3 Å². The first-order valence-corrected chi connectivity index (χ1v) is 11.7. The summed E-state index contributed by atoms with van der Waals surface area (Å²) >= 11 is 0. The molecule has 3 aromatic rings. The number of amides is 1. The van der Waals surface area contributed by atoms with Crippen molar-refractivity contribution < 1.29 is 31.7 Å². The van der Waals surface area contributed by atoms with Crippen LogP contribution in [0.4, 0.5) is 4.79 Å². The van der Waals surface area contributed by atoms with E-state index in [1.807, 2.05) is 0 Å². The van der Waals surface area contributed by atoms with Crippen LogP contribution in [0.3, 0.4) is 0 Å². The molecule has 33 heavy (non-hydrogen) atoms. The van der Waals surface area contributed by atoms with Crippen LogP contribution in [0.5, 0.6) is 0 Å². The molecule has 1 amide bonds. The van der Waals surface area contributed by atoms with E-state index in [-0.39, 0.29) is 17.2 Å².